The molecule has 4 rings (SSSR count). The van der Waals surface area contributed by atoms with E-state index in [9.17, 15) is 0 Å². The molecular formula is C24H30N4O. The summed E-state index contributed by atoms with van der Waals surface area (Å²) in [4.78, 5) is 7.42. The molecule has 5 heteroatoms. The Kier molecular flexibility index (Phi) is 5.95. The molecule has 0 N–H and O–H groups in total. The van der Waals surface area contributed by atoms with Crippen molar-refractivity contribution < 1.29 is 4.74 Å². The van der Waals surface area contributed by atoms with E-state index in [4.69, 9.17) is 9.72 Å². The highest BCUT2D eigenvalue weighted by atomic mass is 16.5. The molecule has 0 amide bonds. The average molecular weight is 391 g/mol. The maximum atomic E-state index is 5.37. The SMILES string of the molecule is COc1cccc(Cc2cc(C)nc(C3CCN(Cc4cnn(C)c4)CC3)c2)c1. The van der Waals surface area contributed by atoms with Crippen LogP contribution in [0.15, 0.2) is 48.8 Å². The lowest BCUT2D eigenvalue weighted by atomic mass is 9.91. The van der Waals surface area contributed by atoms with E-state index in [0.29, 0.717) is 5.92 Å². The Balaban J connectivity index is 1.41. The number of nitrogens with zero attached hydrogens (tertiary/aromatic N) is 4. The third kappa shape index (κ3) is 5.04. The third-order valence-corrected chi connectivity index (χ3v) is 5.75. The van der Waals surface area contributed by atoms with Gasteiger partial charge in [0.15, 0.2) is 0 Å². The van der Waals surface area contributed by atoms with Crippen LogP contribution >= 0.6 is 0 Å². The number of benzene rings is 1. The van der Waals surface area contributed by atoms with E-state index in [1.54, 1.807) is 7.11 Å². The fourth-order valence-corrected chi connectivity index (χ4v) is 4.30. The van der Waals surface area contributed by atoms with E-state index in [0.717, 1.165) is 50.3 Å². The van der Waals surface area contributed by atoms with Gasteiger partial charge < -0.3 is 4.74 Å². The molecule has 0 aliphatic carbocycles. The zero-order valence-electron chi connectivity index (χ0n) is 17.6. The molecule has 2 aromatic heterocycles. The van der Waals surface area contributed by atoms with Gasteiger partial charge in [0.2, 0.25) is 0 Å². The van der Waals surface area contributed by atoms with Crippen LogP contribution in [-0.4, -0.2) is 39.9 Å². The van der Waals surface area contributed by atoms with Gasteiger partial charge >= 0.3 is 0 Å². The highest BCUT2D eigenvalue weighted by Gasteiger charge is 2.22. The van der Waals surface area contributed by atoms with Crippen molar-refractivity contribution in [2.24, 2.45) is 7.05 Å². The molecule has 0 unspecified atom stereocenters. The molecule has 5 nitrogen and oxygen atoms in total. The second-order valence-electron chi connectivity index (χ2n) is 8.14. The molecule has 0 spiro atoms. The van der Waals surface area contributed by atoms with E-state index in [1.165, 1.54) is 22.4 Å². The molecular weight excluding hydrogens is 360 g/mol. The monoisotopic (exact) mass is 390 g/mol. The van der Waals surface area contributed by atoms with Gasteiger partial charge in [0, 0.05) is 42.7 Å². The first kappa shape index (κ1) is 19.6. The maximum absolute atomic E-state index is 5.37. The number of aryl methyl sites for hydroxylation is 2. The number of ether oxygens (including phenoxy) is 1. The van der Waals surface area contributed by atoms with Crippen LogP contribution in [0.4, 0.5) is 0 Å². The number of methoxy groups -OCH3 is 1. The summed E-state index contributed by atoms with van der Waals surface area (Å²) in [6, 6.07) is 12.8. The molecule has 0 radical (unpaired) electrons. The van der Waals surface area contributed by atoms with Crippen LogP contribution in [0.5, 0.6) is 5.75 Å². The maximum Gasteiger partial charge on any atom is 0.119 e. The van der Waals surface area contributed by atoms with Crippen LogP contribution in [0, 0.1) is 6.92 Å². The summed E-state index contributed by atoms with van der Waals surface area (Å²) in [5, 5.41) is 4.28. The number of rotatable bonds is 6. The van der Waals surface area contributed by atoms with Crippen LogP contribution < -0.4 is 4.74 Å². The first-order valence-electron chi connectivity index (χ1n) is 10.4. The molecule has 3 aromatic rings. The summed E-state index contributed by atoms with van der Waals surface area (Å²) in [6.45, 7) is 5.32. The lowest BCUT2D eigenvalue weighted by molar-refractivity contribution is 0.203. The minimum Gasteiger partial charge on any atom is -0.497 e. The van der Waals surface area contributed by atoms with Crippen molar-refractivity contribution in [3.63, 3.8) is 0 Å². The minimum absolute atomic E-state index is 0.545. The molecule has 0 saturated carbocycles. The van der Waals surface area contributed by atoms with Crippen molar-refractivity contribution in [3.8, 4) is 5.75 Å². The molecule has 0 bridgehead atoms. The molecule has 3 heterocycles. The van der Waals surface area contributed by atoms with E-state index < -0.39 is 0 Å². The van der Waals surface area contributed by atoms with Crippen molar-refractivity contribution in [1.82, 2.24) is 19.7 Å². The number of aromatic nitrogens is 3. The predicted molar refractivity (Wildman–Crippen MR) is 115 cm³/mol. The molecule has 29 heavy (non-hydrogen) atoms. The van der Waals surface area contributed by atoms with Crippen LogP contribution in [-0.2, 0) is 20.0 Å². The van der Waals surface area contributed by atoms with Gasteiger partial charge in [-0.05, 0) is 74.7 Å². The summed E-state index contributed by atoms with van der Waals surface area (Å²) in [5.74, 6) is 1.46. The molecule has 152 valence electrons. The second-order valence-corrected chi connectivity index (χ2v) is 8.14. The minimum atomic E-state index is 0.545. The van der Waals surface area contributed by atoms with Crippen molar-refractivity contribution in [3.05, 3.63) is 76.9 Å². The van der Waals surface area contributed by atoms with Crippen molar-refractivity contribution in [1.29, 1.82) is 0 Å². The predicted octanol–water partition coefficient (Wildman–Crippen LogP) is 4.10. The van der Waals surface area contributed by atoms with Crippen LogP contribution in [0.1, 0.15) is 46.8 Å². The largest absolute Gasteiger partial charge is 0.497 e. The smallest absolute Gasteiger partial charge is 0.119 e. The number of hydrogen-bond donors (Lipinski definition) is 0. The first-order valence-corrected chi connectivity index (χ1v) is 10.4. The summed E-state index contributed by atoms with van der Waals surface area (Å²) >= 11 is 0. The second kappa shape index (κ2) is 8.78. The van der Waals surface area contributed by atoms with Gasteiger partial charge in [-0.15, -0.1) is 0 Å². The number of likely N-dealkylation sites (tertiary alicyclic amines) is 1. The van der Waals surface area contributed by atoms with E-state index in [1.807, 2.05) is 24.0 Å². The fourth-order valence-electron chi connectivity index (χ4n) is 4.30. The van der Waals surface area contributed by atoms with Gasteiger partial charge in [-0.25, -0.2) is 0 Å². The first-order chi connectivity index (χ1) is 14.1. The molecule has 1 aromatic carbocycles. The van der Waals surface area contributed by atoms with Gasteiger partial charge in [0.25, 0.3) is 0 Å². The highest BCUT2D eigenvalue weighted by molar-refractivity contribution is 5.34. The summed E-state index contributed by atoms with van der Waals surface area (Å²) in [6.07, 6.45) is 7.32. The number of hydrogen-bond acceptors (Lipinski definition) is 4. The van der Waals surface area contributed by atoms with Crippen LogP contribution in [0.25, 0.3) is 0 Å². The van der Waals surface area contributed by atoms with Gasteiger partial charge in [-0.2, -0.15) is 5.10 Å². The molecule has 1 aliphatic heterocycles. The Morgan fingerprint density at radius 2 is 1.90 bits per heavy atom. The Hall–Kier alpha value is -2.66. The zero-order valence-corrected chi connectivity index (χ0v) is 17.6. The zero-order chi connectivity index (χ0) is 20.2. The lowest BCUT2D eigenvalue weighted by Gasteiger charge is -2.31. The van der Waals surface area contributed by atoms with Gasteiger partial charge in [0.1, 0.15) is 5.75 Å². The summed E-state index contributed by atoms with van der Waals surface area (Å²) < 4.78 is 7.24. The Morgan fingerprint density at radius 3 is 2.62 bits per heavy atom. The van der Waals surface area contributed by atoms with Crippen molar-refractivity contribution in [2.45, 2.75) is 38.6 Å². The van der Waals surface area contributed by atoms with Crippen LogP contribution in [0.3, 0.4) is 0 Å². The Bertz CT molecular complexity index is 957. The van der Waals surface area contributed by atoms with Gasteiger partial charge in [-0.3, -0.25) is 14.6 Å². The van der Waals surface area contributed by atoms with Crippen LogP contribution in [0.2, 0.25) is 0 Å². The van der Waals surface area contributed by atoms with E-state index in [-0.39, 0.29) is 0 Å². The Morgan fingerprint density at radius 1 is 1.07 bits per heavy atom. The third-order valence-electron chi connectivity index (χ3n) is 5.75. The highest BCUT2D eigenvalue weighted by Crippen LogP contribution is 2.29. The van der Waals surface area contributed by atoms with Gasteiger partial charge in [-0.1, -0.05) is 12.1 Å². The summed E-state index contributed by atoms with van der Waals surface area (Å²) in [7, 11) is 3.69. The summed E-state index contributed by atoms with van der Waals surface area (Å²) in [5.41, 5.74) is 6.26. The topological polar surface area (TPSA) is 43.2 Å². The van der Waals surface area contributed by atoms with Crippen molar-refractivity contribution >= 4 is 0 Å². The molecule has 1 aliphatic rings. The Labute approximate surface area is 173 Å². The molecule has 0 atom stereocenters. The van der Waals surface area contributed by atoms with Crippen molar-refractivity contribution in [2.75, 3.05) is 20.2 Å². The standard InChI is InChI=1S/C24H30N4O/c1-18-11-20(12-19-5-4-6-23(13-19)29-3)14-24(26-18)22-7-9-28(10-8-22)17-21-15-25-27(2)16-21/h4-6,11,13-16,22H,7-10,12,17H2,1-3H3. The number of pyridine rings is 1. The normalized spacial score (nSPS) is 15.6. The number of piperidine rings is 1. The lowest BCUT2D eigenvalue weighted by Crippen LogP contribution is -2.32. The van der Waals surface area contributed by atoms with E-state index in [2.05, 4.69) is 53.5 Å². The van der Waals surface area contributed by atoms with Gasteiger partial charge in [0.05, 0.1) is 13.3 Å². The quantitative estimate of drug-likeness (QED) is 0.635. The average Bonchev–Trinajstić information content (AvgIpc) is 3.13. The molecule has 1 fully saturated rings. The fraction of sp³-hybridized carbons (Fsp3) is 0.417. The van der Waals surface area contributed by atoms with E-state index >= 15 is 0 Å². The molecule has 1 saturated heterocycles.